The standard InChI is InChI=1S/C13H10N2O2S/c1-9(16)15(12-4-5-18-8-12)11-2-3-13(17)10(6-11)7-14/h2-6,8,17H,1H3. The molecule has 2 rings (SSSR count). The number of aromatic hydroxyl groups is 1. The summed E-state index contributed by atoms with van der Waals surface area (Å²) < 4.78 is 0. The first-order valence-electron chi connectivity index (χ1n) is 5.19. The second-order valence-corrected chi connectivity index (χ2v) is 4.43. The number of nitriles is 1. The van der Waals surface area contributed by atoms with E-state index in [9.17, 15) is 9.90 Å². The minimum absolute atomic E-state index is 0.0879. The molecule has 0 aliphatic carbocycles. The highest BCUT2D eigenvalue weighted by Crippen LogP contribution is 2.30. The number of phenolic OH excluding ortho intramolecular Hbond substituents is 1. The zero-order chi connectivity index (χ0) is 13.1. The average molecular weight is 258 g/mol. The molecule has 4 nitrogen and oxygen atoms in total. The topological polar surface area (TPSA) is 64.3 Å². The van der Waals surface area contributed by atoms with Gasteiger partial charge in [-0.05, 0) is 29.6 Å². The molecule has 1 amide bonds. The van der Waals surface area contributed by atoms with Gasteiger partial charge in [0.15, 0.2) is 0 Å². The molecule has 0 atom stereocenters. The van der Waals surface area contributed by atoms with Crippen LogP contribution in [0.5, 0.6) is 5.75 Å². The lowest BCUT2D eigenvalue weighted by atomic mass is 10.1. The maximum Gasteiger partial charge on any atom is 0.228 e. The molecule has 2 aromatic rings. The Morgan fingerprint density at radius 1 is 1.39 bits per heavy atom. The van der Waals surface area contributed by atoms with Gasteiger partial charge in [0.2, 0.25) is 5.91 Å². The van der Waals surface area contributed by atoms with Crippen LogP contribution in [0.25, 0.3) is 0 Å². The van der Waals surface area contributed by atoms with Crippen LogP contribution in [-0.2, 0) is 4.79 Å². The van der Waals surface area contributed by atoms with Crippen molar-refractivity contribution in [3.8, 4) is 11.8 Å². The summed E-state index contributed by atoms with van der Waals surface area (Å²) in [7, 11) is 0. The molecule has 5 heteroatoms. The third-order valence-electron chi connectivity index (χ3n) is 2.44. The molecule has 0 spiro atoms. The van der Waals surface area contributed by atoms with E-state index in [2.05, 4.69) is 0 Å². The predicted octanol–water partition coefficient (Wildman–Crippen LogP) is 3.01. The smallest absolute Gasteiger partial charge is 0.228 e. The number of rotatable bonds is 2. The molecule has 0 radical (unpaired) electrons. The molecular weight excluding hydrogens is 248 g/mol. The third kappa shape index (κ3) is 2.19. The fraction of sp³-hybridized carbons (Fsp3) is 0.0769. The molecule has 1 N–H and O–H groups in total. The molecule has 0 fully saturated rings. The first-order chi connectivity index (χ1) is 8.63. The highest BCUT2D eigenvalue weighted by atomic mass is 32.1. The molecule has 0 unspecified atom stereocenters. The number of hydrogen-bond donors (Lipinski definition) is 1. The summed E-state index contributed by atoms with van der Waals surface area (Å²) in [5.74, 6) is -0.238. The Bertz CT molecular complexity index is 614. The molecule has 0 aliphatic rings. The van der Waals surface area contributed by atoms with Crippen LogP contribution in [0.1, 0.15) is 12.5 Å². The molecule has 0 aliphatic heterocycles. The first-order valence-corrected chi connectivity index (χ1v) is 6.14. The van der Waals surface area contributed by atoms with Gasteiger partial charge in [-0.2, -0.15) is 16.6 Å². The van der Waals surface area contributed by atoms with Gasteiger partial charge < -0.3 is 5.11 Å². The van der Waals surface area contributed by atoms with E-state index < -0.39 is 0 Å². The molecule has 1 heterocycles. The normalized spacial score (nSPS) is 9.78. The minimum atomic E-state index is -0.150. The van der Waals surface area contributed by atoms with Gasteiger partial charge in [-0.1, -0.05) is 0 Å². The minimum Gasteiger partial charge on any atom is -0.507 e. The van der Waals surface area contributed by atoms with Crippen LogP contribution >= 0.6 is 11.3 Å². The van der Waals surface area contributed by atoms with E-state index in [0.29, 0.717) is 5.69 Å². The molecule has 1 aromatic heterocycles. The van der Waals surface area contributed by atoms with E-state index in [0.717, 1.165) is 5.69 Å². The van der Waals surface area contributed by atoms with Crippen LogP contribution in [0.15, 0.2) is 35.0 Å². The Balaban J connectivity index is 2.51. The summed E-state index contributed by atoms with van der Waals surface area (Å²) in [5, 5.41) is 22.1. The number of carbonyl (C=O) groups excluding carboxylic acids is 1. The largest absolute Gasteiger partial charge is 0.507 e. The van der Waals surface area contributed by atoms with Crippen LogP contribution < -0.4 is 4.90 Å². The van der Waals surface area contributed by atoms with E-state index in [1.54, 1.807) is 6.07 Å². The van der Waals surface area contributed by atoms with Gasteiger partial charge in [0, 0.05) is 12.3 Å². The van der Waals surface area contributed by atoms with Crippen molar-refractivity contribution in [2.24, 2.45) is 0 Å². The molecule has 1 aromatic carbocycles. The van der Waals surface area contributed by atoms with Crippen molar-refractivity contribution in [1.82, 2.24) is 0 Å². The summed E-state index contributed by atoms with van der Waals surface area (Å²) in [4.78, 5) is 13.2. The van der Waals surface area contributed by atoms with Crippen molar-refractivity contribution in [2.75, 3.05) is 4.90 Å². The molecule has 18 heavy (non-hydrogen) atoms. The monoisotopic (exact) mass is 258 g/mol. The van der Waals surface area contributed by atoms with E-state index in [4.69, 9.17) is 5.26 Å². The molecule has 0 saturated carbocycles. The summed E-state index contributed by atoms with van der Waals surface area (Å²) in [6.45, 7) is 1.45. The Morgan fingerprint density at radius 3 is 2.72 bits per heavy atom. The molecule has 0 saturated heterocycles. The van der Waals surface area contributed by atoms with Crippen LogP contribution in [0.2, 0.25) is 0 Å². The molecule has 90 valence electrons. The van der Waals surface area contributed by atoms with E-state index >= 15 is 0 Å². The van der Waals surface area contributed by atoms with Crippen molar-refractivity contribution < 1.29 is 9.90 Å². The van der Waals surface area contributed by atoms with Crippen molar-refractivity contribution in [3.63, 3.8) is 0 Å². The molecule has 0 bridgehead atoms. The second-order valence-electron chi connectivity index (χ2n) is 3.65. The van der Waals surface area contributed by atoms with Crippen molar-refractivity contribution in [3.05, 3.63) is 40.6 Å². The number of hydrogen-bond acceptors (Lipinski definition) is 4. The number of benzene rings is 1. The Kier molecular flexibility index (Phi) is 3.31. The van der Waals surface area contributed by atoms with Gasteiger partial charge in [0.1, 0.15) is 11.8 Å². The number of nitrogens with zero attached hydrogens (tertiary/aromatic N) is 2. The SMILES string of the molecule is CC(=O)N(c1ccsc1)c1ccc(O)c(C#N)c1. The highest BCUT2D eigenvalue weighted by molar-refractivity contribution is 7.08. The molecular formula is C13H10N2O2S. The lowest BCUT2D eigenvalue weighted by Gasteiger charge is -2.20. The van der Waals surface area contributed by atoms with Gasteiger partial charge in [-0.3, -0.25) is 9.69 Å². The van der Waals surface area contributed by atoms with Gasteiger partial charge in [0.25, 0.3) is 0 Å². The van der Waals surface area contributed by atoms with E-state index in [-0.39, 0.29) is 17.2 Å². The van der Waals surface area contributed by atoms with E-state index in [1.165, 1.54) is 35.3 Å². The van der Waals surface area contributed by atoms with Crippen LogP contribution in [0.4, 0.5) is 11.4 Å². The number of carbonyl (C=O) groups is 1. The van der Waals surface area contributed by atoms with Gasteiger partial charge in [0.05, 0.1) is 16.9 Å². The predicted molar refractivity (Wildman–Crippen MR) is 70.0 cm³/mol. The van der Waals surface area contributed by atoms with E-state index in [1.807, 2.05) is 22.9 Å². The highest BCUT2D eigenvalue weighted by Gasteiger charge is 2.15. The third-order valence-corrected chi connectivity index (χ3v) is 3.11. The Labute approximate surface area is 108 Å². The fourth-order valence-corrected chi connectivity index (χ4v) is 2.27. The number of anilines is 2. The Hall–Kier alpha value is -2.32. The summed E-state index contributed by atoms with van der Waals surface area (Å²) >= 11 is 1.48. The average Bonchev–Trinajstić information content (AvgIpc) is 2.84. The zero-order valence-electron chi connectivity index (χ0n) is 9.62. The second kappa shape index (κ2) is 4.90. The zero-order valence-corrected chi connectivity index (χ0v) is 10.4. The summed E-state index contributed by atoms with van der Waals surface area (Å²) in [5.41, 5.74) is 1.46. The van der Waals surface area contributed by atoms with Crippen LogP contribution in [0, 0.1) is 11.3 Å². The summed E-state index contributed by atoms with van der Waals surface area (Å²) in [6.07, 6.45) is 0. The Morgan fingerprint density at radius 2 is 2.17 bits per heavy atom. The lowest BCUT2D eigenvalue weighted by Crippen LogP contribution is -2.22. The summed E-state index contributed by atoms with van der Waals surface area (Å²) in [6, 6.07) is 8.23. The van der Waals surface area contributed by atoms with Gasteiger partial charge in [-0.15, -0.1) is 0 Å². The van der Waals surface area contributed by atoms with Gasteiger partial charge in [-0.25, -0.2) is 0 Å². The van der Waals surface area contributed by atoms with Gasteiger partial charge >= 0.3 is 0 Å². The maximum absolute atomic E-state index is 11.7. The maximum atomic E-state index is 11.7. The number of amides is 1. The van der Waals surface area contributed by atoms with Crippen LogP contribution in [0.3, 0.4) is 0 Å². The first kappa shape index (κ1) is 12.1. The number of phenols is 1. The van der Waals surface area contributed by atoms with Crippen molar-refractivity contribution in [1.29, 1.82) is 5.26 Å². The van der Waals surface area contributed by atoms with Crippen molar-refractivity contribution in [2.45, 2.75) is 6.92 Å². The quantitative estimate of drug-likeness (QED) is 0.900. The van der Waals surface area contributed by atoms with Crippen LogP contribution in [-0.4, -0.2) is 11.0 Å². The number of thiophene rings is 1. The lowest BCUT2D eigenvalue weighted by molar-refractivity contribution is -0.115. The van der Waals surface area contributed by atoms with Crippen molar-refractivity contribution >= 4 is 28.6 Å². The fourth-order valence-electron chi connectivity index (χ4n) is 1.65.